The molecule has 1 rings (SSSR count). The molecule has 0 saturated heterocycles. The van der Waals surface area contributed by atoms with Crippen molar-refractivity contribution in [3.05, 3.63) is 18.0 Å². The molecule has 0 radical (unpaired) electrons. The van der Waals surface area contributed by atoms with Gasteiger partial charge in [-0.25, -0.2) is 9.97 Å². The number of hydrogen-bond donors (Lipinski definition) is 1. The van der Waals surface area contributed by atoms with Gasteiger partial charge in [0.05, 0.1) is 0 Å². The van der Waals surface area contributed by atoms with Crippen LogP contribution in [-0.4, -0.2) is 47.3 Å². The summed E-state index contributed by atoms with van der Waals surface area (Å²) in [6.07, 6.45) is 6.97. The fourth-order valence-electron chi connectivity index (χ4n) is 1.74. The molecule has 0 aliphatic rings. The van der Waals surface area contributed by atoms with Gasteiger partial charge in [-0.05, 0) is 38.9 Å². The molecule has 1 aromatic heterocycles. The fourth-order valence-corrected chi connectivity index (χ4v) is 2.06. The summed E-state index contributed by atoms with van der Waals surface area (Å²) in [7, 11) is 0. The van der Waals surface area contributed by atoms with Crippen LogP contribution in [0.15, 0.2) is 17.6 Å². The number of hydrogen-bond acceptors (Lipinski definition) is 5. The van der Waals surface area contributed by atoms with Gasteiger partial charge >= 0.3 is 0 Å². The van der Waals surface area contributed by atoms with Gasteiger partial charge in [-0.2, -0.15) is 0 Å². The number of thioether (sulfide) groups is 1. The molecule has 0 fully saturated rings. The zero-order valence-electron chi connectivity index (χ0n) is 11.6. The lowest BCUT2D eigenvalue weighted by Gasteiger charge is -2.17. The second-order valence-corrected chi connectivity index (χ2v) is 4.91. The van der Waals surface area contributed by atoms with Gasteiger partial charge in [-0.1, -0.05) is 25.6 Å². The van der Waals surface area contributed by atoms with Crippen LogP contribution in [0.2, 0.25) is 0 Å². The molecule has 0 atom stereocenters. The lowest BCUT2D eigenvalue weighted by atomic mass is 10.3. The van der Waals surface area contributed by atoms with Crippen LogP contribution in [0.3, 0.4) is 0 Å². The van der Waals surface area contributed by atoms with Crippen molar-refractivity contribution >= 4 is 11.8 Å². The Morgan fingerprint density at radius 3 is 2.44 bits per heavy atom. The highest BCUT2D eigenvalue weighted by molar-refractivity contribution is 7.98. The molecule has 0 aromatic carbocycles. The Hall–Kier alpha value is -0.650. The molecule has 0 aliphatic heterocycles. The van der Waals surface area contributed by atoms with Crippen molar-refractivity contribution < 1.29 is 0 Å². The highest BCUT2D eigenvalue weighted by atomic mass is 32.2. The summed E-state index contributed by atoms with van der Waals surface area (Å²) in [5, 5.41) is 4.26. The predicted octanol–water partition coefficient (Wildman–Crippen LogP) is 2.02. The third kappa shape index (κ3) is 5.80. The maximum absolute atomic E-state index is 4.25. The van der Waals surface area contributed by atoms with Gasteiger partial charge < -0.3 is 10.2 Å². The van der Waals surface area contributed by atoms with Crippen LogP contribution in [0.5, 0.6) is 0 Å². The SMILES string of the molecule is CCN(CC)CCCNCc1cnc(SC)nc1. The maximum Gasteiger partial charge on any atom is 0.187 e. The second kappa shape index (κ2) is 9.30. The van der Waals surface area contributed by atoms with Gasteiger partial charge in [0.15, 0.2) is 5.16 Å². The van der Waals surface area contributed by atoms with Gasteiger partial charge in [0, 0.05) is 24.5 Å². The minimum atomic E-state index is 0.834. The number of nitrogens with one attached hydrogen (secondary N) is 1. The van der Waals surface area contributed by atoms with Crippen LogP contribution >= 0.6 is 11.8 Å². The molecular formula is C13H24N4S. The monoisotopic (exact) mass is 268 g/mol. The first-order valence-electron chi connectivity index (χ1n) is 6.58. The van der Waals surface area contributed by atoms with Crippen molar-refractivity contribution in [2.24, 2.45) is 0 Å². The van der Waals surface area contributed by atoms with Crippen molar-refractivity contribution in [2.45, 2.75) is 32.0 Å². The number of aromatic nitrogens is 2. The Bertz CT molecular complexity index is 311. The van der Waals surface area contributed by atoms with E-state index in [4.69, 9.17) is 0 Å². The van der Waals surface area contributed by atoms with E-state index < -0.39 is 0 Å². The lowest BCUT2D eigenvalue weighted by Crippen LogP contribution is -2.27. The van der Waals surface area contributed by atoms with E-state index >= 15 is 0 Å². The smallest absolute Gasteiger partial charge is 0.187 e. The maximum atomic E-state index is 4.25. The Morgan fingerprint density at radius 1 is 1.22 bits per heavy atom. The van der Waals surface area contributed by atoms with Crippen molar-refractivity contribution in [1.29, 1.82) is 0 Å². The topological polar surface area (TPSA) is 41.0 Å². The molecule has 1 heterocycles. The molecule has 102 valence electrons. The minimum absolute atomic E-state index is 0.834. The summed E-state index contributed by atoms with van der Waals surface area (Å²) in [4.78, 5) is 11.0. The molecule has 0 aliphatic carbocycles. The summed E-state index contributed by atoms with van der Waals surface area (Å²) in [6, 6.07) is 0. The normalized spacial score (nSPS) is 11.1. The molecule has 4 nitrogen and oxygen atoms in total. The van der Waals surface area contributed by atoms with Gasteiger partial charge in [0.25, 0.3) is 0 Å². The van der Waals surface area contributed by atoms with Gasteiger partial charge in [0.1, 0.15) is 0 Å². The van der Waals surface area contributed by atoms with Crippen molar-refractivity contribution in [3.8, 4) is 0 Å². The van der Waals surface area contributed by atoms with Gasteiger partial charge in [0.2, 0.25) is 0 Å². The van der Waals surface area contributed by atoms with E-state index in [0.717, 1.165) is 36.9 Å². The van der Waals surface area contributed by atoms with Crippen molar-refractivity contribution in [3.63, 3.8) is 0 Å². The van der Waals surface area contributed by atoms with E-state index in [1.165, 1.54) is 13.0 Å². The first-order chi connectivity index (χ1) is 8.80. The van der Waals surface area contributed by atoms with Crippen LogP contribution in [0, 0.1) is 0 Å². The fraction of sp³-hybridized carbons (Fsp3) is 0.692. The highest BCUT2D eigenvalue weighted by Crippen LogP contribution is 2.06. The first kappa shape index (κ1) is 15.4. The summed E-state index contributed by atoms with van der Waals surface area (Å²) in [5.74, 6) is 0. The van der Waals surface area contributed by atoms with Crippen LogP contribution in [0.1, 0.15) is 25.8 Å². The summed E-state index contributed by atoms with van der Waals surface area (Å²) >= 11 is 1.57. The number of nitrogens with zero attached hydrogens (tertiary/aromatic N) is 3. The van der Waals surface area contributed by atoms with Crippen LogP contribution < -0.4 is 5.32 Å². The average molecular weight is 268 g/mol. The number of rotatable bonds is 9. The molecule has 1 aromatic rings. The second-order valence-electron chi connectivity index (χ2n) is 4.14. The molecule has 0 bridgehead atoms. The third-order valence-electron chi connectivity index (χ3n) is 2.92. The molecular weight excluding hydrogens is 244 g/mol. The zero-order chi connectivity index (χ0) is 13.2. The van der Waals surface area contributed by atoms with Crippen LogP contribution in [0.4, 0.5) is 0 Å². The van der Waals surface area contributed by atoms with E-state index in [2.05, 4.69) is 34.0 Å². The molecule has 1 N–H and O–H groups in total. The Balaban J connectivity index is 2.13. The minimum Gasteiger partial charge on any atom is -0.313 e. The Kier molecular flexibility index (Phi) is 7.96. The van der Waals surface area contributed by atoms with E-state index in [0.29, 0.717) is 0 Å². The Labute approximate surface area is 115 Å². The first-order valence-corrected chi connectivity index (χ1v) is 7.80. The predicted molar refractivity (Wildman–Crippen MR) is 77.9 cm³/mol. The quantitative estimate of drug-likeness (QED) is 0.421. The highest BCUT2D eigenvalue weighted by Gasteiger charge is 1.99. The van der Waals surface area contributed by atoms with Crippen molar-refractivity contribution in [1.82, 2.24) is 20.2 Å². The van der Waals surface area contributed by atoms with Gasteiger partial charge in [-0.15, -0.1) is 0 Å². The lowest BCUT2D eigenvalue weighted by molar-refractivity contribution is 0.298. The van der Waals surface area contributed by atoms with E-state index in [-0.39, 0.29) is 0 Å². The molecule has 0 unspecified atom stereocenters. The Morgan fingerprint density at radius 2 is 1.89 bits per heavy atom. The summed E-state index contributed by atoms with van der Waals surface area (Å²) < 4.78 is 0. The third-order valence-corrected chi connectivity index (χ3v) is 3.49. The van der Waals surface area contributed by atoms with E-state index in [1.54, 1.807) is 11.8 Å². The molecule has 18 heavy (non-hydrogen) atoms. The molecule has 0 spiro atoms. The van der Waals surface area contributed by atoms with Crippen LogP contribution in [0.25, 0.3) is 0 Å². The summed E-state index contributed by atoms with van der Waals surface area (Å²) in [6.45, 7) is 9.76. The van der Waals surface area contributed by atoms with E-state index in [1.807, 2.05) is 18.6 Å². The zero-order valence-corrected chi connectivity index (χ0v) is 12.5. The van der Waals surface area contributed by atoms with E-state index in [9.17, 15) is 0 Å². The van der Waals surface area contributed by atoms with Gasteiger partial charge in [-0.3, -0.25) is 0 Å². The largest absolute Gasteiger partial charge is 0.313 e. The van der Waals surface area contributed by atoms with Crippen LogP contribution in [-0.2, 0) is 6.54 Å². The standard InChI is InChI=1S/C13H24N4S/c1-4-17(5-2)8-6-7-14-9-12-10-15-13(18-3)16-11-12/h10-11,14H,4-9H2,1-3H3. The molecule has 0 amide bonds. The summed E-state index contributed by atoms with van der Waals surface area (Å²) in [5.41, 5.74) is 1.15. The molecule has 0 saturated carbocycles. The molecule has 5 heteroatoms. The average Bonchev–Trinajstić information content (AvgIpc) is 2.43. The van der Waals surface area contributed by atoms with Crippen molar-refractivity contribution in [2.75, 3.05) is 32.4 Å².